The first-order chi connectivity index (χ1) is 12.9. The van der Waals surface area contributed by atoms with Crippen molar-refractivity contribution in [1.82, 2.24) is 25.2 Å². The van der Waals surface area contributed by atoms with Crippen LogP contribution in [0.25, 0.3) is 11.4 Å². The van der Waals surface area contributed by atoms with Crippen LogP contribution in [0.1, 0.15) is 39.0 Å². The summed E-state index contributed by atoms with van der Waals surface area (Å²) in [7, 11) is 0. The average Bonchev–Trinajstić information content (AvgIpc) is 3.20. The van der Waals surface area contributed by atoms with Gasteiger partial charge in [0.1, 0.15) is 12.2 Å². The number of ketones is 1. The van der Waals surface area contributed by atoms with E-state index in [2.05, 4.69) is 20.4 Å². The second kappa shape index (κ2) is 7.71. The van der Waals surface area contributed by atoms with E-state index in [0.717, 1.165) is 5.56 Å². The summed E-state index contributed by atoms with van der Waals surface area (Å²) >= 11 is 5.87. The Morgan fingerprint density at radius 2 is 1.93 bits per heavy atom. The van der Waals surface area contributed by atoms with Gasteiger partial charge in [-0.15, -0.1) is 10.2 Å². The Bertz CT molecular complexity index is 991. The summed E-state index contributed by atoms with van der Waals surface area (Å²) < 4.78 is 5.01. The van der Waals surface area contributed by atoms with Gasteiger partial charge in [0.15, 0.2) is 5.78 Å². The highest BCUT2D eigenvalue weighted by Gasteiger charge is 2.23. The van der Waals surface area contributed by atoms with E-state index >= 15 is 0 Å². The maximum Gasteiger partial charge on any atom is 0.355 e. The van der Waals surface area contributed by atoms with Gasteiger partial charge in [-0.3, -0.25) is 4.79 Å². The van der Waals surface area contributed by atoms with E-state index in [1.54, 1.807) is 45.0 Å². The van der Waals surface area contributed by atoms with Crippen LogP contribution in [-0.4, -0.2) is 43.6 Å². The van der Waals surface area contributed by atoms with Crippen LogP contribution in [-0.2, 0) is 11.3 Å². The van der Waals surface area contributed by atoms with Crippen LogP contribution in [0.4, 0.5) is 0 Å². The minimum atomic E-state index is -0.485. The lowest BCUT2D eigenvalue weighted by Crippen LogP contribution is -2.15. The molecule has 27 heavy (non-hydrogen) atoms. The first kappa shape index (κ1) is 18.8. The molecule has 0 atom stereocenters. The molecule has 0 unspecified atom stereocenters. The third-order valence-electron chi connectivity index (χ3n) is 4.04. The molecule has 0 fully saturated rings. The topological polar surface area (TPSA) is 103 Å². The molecule has 2 heterocycles. The van der Waals surface area contributed by atoms with Crippen molar-refractivity contribution in [2.75, 3.05) is 6.61 Å². The van der Waals surface area contributed by atoms with Crippen molar-refractivity contribution in [3.8, 4) is 11.4 Å². The number of esters is 1. The van der Waals surface area contributed by atoms with E-state index in [0.29, 0.717) is 27.7 Å². The number of H-pyrrole nitrogens is 1. The molecule has 8 nitrogen and oxygen atoms in total. The summed E-state index contributed by atoms with van der Waals surface area (Å²) in [6.45, 7) is 5.33. The molecule has 0 aliphatic rings. The van der Waals surface area contributed by atoms with Crippen LogP contribution in [0, 0.1) is 13.8 Å². The van der Waals surface area contributed by atoms with E-state index in [4.69, 9.17) is 16.3 Å². The van der Waals surface area contributed by atoms with Crippen molar-refractivity contribution in [3.05, 3.63) is 51.8 Å². The fraction of sp³-hybridized carbons (Fsp3) is 0.278. The number of carbonyl (C=O) groups excluding carboxylic acids is 2. The number of aromatic amines is 1. The molecule has 0 aliphatic heterocycles. The average molecular weight is 388 g/mol. The van der Waals surface area contributed by atoms with E-state index in [-0.39, 0.29) is 24.6 Å². The number of rotatable bonds is 6. The highest BCUT2D eigenvalue weighted by molar-refractivity contribution is 6.30. The van der Waals surface area contributed by atoms with Crippen molar-refractivity contribution in [1.29, 1.82) is 0 Å². The van der Waals surface area contributed by atoms with Crippen molar-refractivity contribution in [2.24, 2.45) is 0 Å². The molecule has 0 spiro atoms. The molecule has 1 aromatic carbocycles. The second-order valence-electron chi connectivity index (χ2n) is 5.92. The van der Waals surface area contributed by atoms with E-state index in [1.807, 2.05) is 0 Å². The number of tetrazole rings is 1. The van der Waals surface area contributed by atoms with Crippen LogP contribution in [0.15, 0.2) is 24.3 Å². The highest BCUT2D eigenvalue weighted by atomic mass is 35.5. The molecular formula is C18H18ClN5O3. The zero-order chi connectivity index (χ0) is 19.6. The Labute approximate surface area is 160 Å². The number of benzene rings is 1. The van der Waals surface area contributed by atoms with Gasteiger partial charge in [-0.25, -0.2) is 4.79 Å². The molecule has 0 radical (unpaired) electrons. The number of hydrogen-bond acceptors (Lipinski definition) is 6. The molecule has 140 valence electrons. The number of hydrogen-bond donors (Lipinski definition) is 1. The molecular weight excluding hydrogens is 370 g/mol. The van der Waals surface area contributed by atoms with Crippen LogP contribution in [0.3, 0.4) is 0 Å². The number of aromatic nitrogens is 5. The van der Waals surface area contributed by atoms with Crippen LogP contribution < -0.4 is 0 Å². The molecule has 2 aromatic heterocycles. The molecule has 0 aliphatic carbocycles. The first-order valence-electron chi connectivity index (χ1n) is 8.34. The second-order valence-corrected chi connectivity index (χ2v) is 6.36. The fourth-order valence-electron chi connectivity index (χ4n) is 2.81. The van der Waals surface area contributed by atoms with Crippen molar-refractivity contribution < 1.29 is 14.3 Å². The molecule has 1 N–H and O–H groups in total. The Balaban J connectivity index is 1.80. The van der Waals surface area contributed by atoms with Gasteiger partial charge in [-0.05, 0) is 55.8 Å². The SMILES string of the molecule is CCOC(=O)c1[nH]c(C)c(C(=O)Cn2nnc(-c3ccc(Cl)cc3)n2)c1C. The minimum Gasteiger partial charge on any atom is -0.461 e. The predicted octanol–water partition coefficient (Wildman–Crippen LogP) is 3.00. The standard InChI is InChI=1S/C18H18ClN5O3/c1-4-27-18(26)16-10(2)15(11(3)20-16)14(25)9-24-22-17(21-23-24)12-5-7-13(19)8-6-12/h5-8,20H,4,9H2,1-3H3. The summed E-state index contributed by atoms with van der Waals surface area (Å²) in [5, 5.41) is 12.7. The van der Waals surface area contributed by atoms with E-state index in [9.17, 15) is 9.59 Å². The van der Waals surface area contributed by atoms with Crippen LogP contribution in [0.2, 0.25) is 5.02 Å². The predicted molar refractivity (Wildman–Crippen MR) is 98.8 cm³/mol. The van der Waals surface area contributed by atoms with Crippen molar-refractivity contribution >= 4 is 23.4 Å². The van der Waals surface area contributed by atoms with Gasteiger partial charge in [-0.2, -0.15) is 4.80 Å². The molecule has 9 heteroatoms. The quantitative estimate of drug-likeness (QED) is 0.515. The van der Waals surface area contributed by atoms with Gasteiger partial charge in [0.2, 0.25) is 5.82 Å². The summed E-state index contributed by atoms with van der Waals surface area (Å²) in [5.41, 5.74) is 2.61. The summed E-state index contributed by atoms with van der Waals surface area (Å²) in [5.74, 6) is -0.313. The summed E-state index contributed by atoms with van der Waals surface area (Å²) in [6, 6.07) is 7.01. The first-order valence-corrected chi connectivity index (χ1v) is 8.71. The van der Waals surface area contributed by atoms with Crippen molar-refractivity contribution in [3.63, 3.8) is 0 Å². The highest BCUT2D eigenvalue weighted by Crippen LogP contribution is 2.20. The summed E-state index contributed by atoms with van der Waals surface area (Å²) in [4.78, 5) is 28.9. The molecule has 0 bridgehead atoms. The summed E-state index contributed by atoms with van der Waals surface area (Å²) in [6.07, 6.45) is 0. The monoisotopic (exact) mass is 387 g/mol. The van der Waals surface area contributed by atoms with Gasteiger partial charge < -0.3 is 9.72 Å². The van der Waals surface area contributed by atoms with Crippen molar-refractivity contribution in [2.45, 2.75) is 27.3 Å². The number of nitrogens with one attached hydrogen (secondary N) is 1. The number of nitrogens with zero attached hydrogens (tertiary/aromatic N) is 4. The Morgan fingerprint density at radius 1 is 1.22 bits per heavy atom. The van der Waals surface area contributed by atoms with E-state index < -0.39 is 5.97 Å². The molecule has 3 rings (SSSR count). The normalized spacial score (nSPS) is 10.8. The molecule has 0 amide bonds. The Hall–Kier alpha value is -3.00. The lowest BCUT2D eigenvalue weighted by atomic mass is 10.1. The lowest BCUT2D eigenvalue weighted by Gasteiger charge is -2.02. The van der Waals surface area contributed by atoms with Gasteiger partial charge in [0.25, 0.3) is 0 Å². The minimum absolute atomic E-state index is 0.0949. The maximum absolute atomic E-state index is 12.7. The smallest absolute Gasteiger partial charge is 0.355 e. The molecule has 0 saturated heterocycles. The van der Waals surface area contributed by atoms with Gasteiger partial charge >= 0.3 is 5.97 Å². The largest absolute Gasteiger partial charge is 0.461 e. The third-order valence-corrected chi connectivity index (χ3v) is 4.29. The van der Waals surface area contributed by atoms with E-state index in [1.165, 1.54) is 4.80 Å². The van der Waals surface area contributed by atoms with Gasteiger partial charge in [-0.1, -0.05) is 11.6 Å². The maximum atomic E-state index is 12.7. The number of aryl methyl sites for hydroxylation is 1. The Kier molecular flexibility index (Phi) is 5.36. The third kappa shape index (κ3) is 3.90. The lowest BCUT2D eigenvalue weighted by molar-refractivity contribution is 0.0519. The zero-order valence-corrected chi connectivity index (χ0v) is 15.9. The number of halogens is 1. The number of carbonyl (C=O) groups is 2. The zero-order valence-electron chi connectivity index (χ0n) is 15.1. The fourth-order valence-corrected chi connectivity index (χ4v) is 2.93. The molecule has 0 saturated carbocycles. The van der Waals surface area contributed by atoms with Crippen LogP contribution in [0.5, 0.6) is 0 Å². The van der Waals surface area contributed by atoms with Gasteiger partial charge in [0.05, 0.1) is 6.61 Å². The Morgan fingerprint density at radius 3 is 2.59 bits per heavy atom. The van der Waals surface area contributed by atoms with Gasteiger partial charge in [0, 0.05) is 21.8 Å². The number of Topliss-reactive ketones (excluding diaryl/α,β-unsaturated/α-hetero) is 1. The number of ether oxygens (including phenoxy) is 1. The molecule has 3 aromatic rings. The van der Waals surface area contributed by atoms with Crippen LogP contribution >= 0.6 is 11.6 Å².